The van der Waals surface area contributed by atoms with Crippen LogP contribution in [0.1, 0.15) is 31.4 Å². The van der Waals surface area contributed by atoms with Gasteiger partial charge in [0.2, 0.25) is 11.9 Å². The molecular formula is C12H19N5O. The number of carbonyl (C=O) groups is 1. The third-order valence-electron chi connectivity index (χ3n) is 3.24. The normalized spacial score (nSPS) is 15.8. The summed E-state index contributed by atoms with van der Waals surface area (Å²) in [5.74, 6) is 0.583. The Bertz CT molecular complexity index is 422. The molecule has 1 aromatic heterocycles. The van der Waals surface area contributed by atoms with Crippen LogP contribution >= 0.6 is 0 Å². The molecule has 6 heteroatoms. The van der Waals surface area contributed by atoms with Gasteiger partial charge in [0.1, 0.15) is 5.82 Å². The van der Waals surface area contributed by atoms with E-state index in [4.69, 9.17) is 11.5 Å². The molecule has 4 N–H and O–H groups in total. The highest BCUT2D eigenvalue weighted by Crippen LogP contribution is 2.27. The number of nitrogen functional groups attached to an aromatic ring is 1. The fraction of sp³-hybridized carbons (Fsp3) is 0.583. The van der Waals surface area contributed by atoms with Crippen molar-refractivity contribution < 1.29 is 4.79 Å². The summed E-state index contributed by atoms with van der Waals surface area (Å²) < 4.78 is 0. The summed E-state index contributed by atoms with van der Waals surface area (Å²) in [6.07, 6.45) is 4.49. The Labute approximate surface area is 106 Å². The summed E-state index contributed by atoms with van der Waals surface area (Å²) in [6, 6.07) is 2.17. The lowest BCUT2D eigenvalue weighted by Gasteiger charge is -2.29. The van der Waals surface area contributed by atoms with Crippen LogP contribution in [0, 0.1) is 6.92 Å². The van der Waals surface area contributed by atoms with Crippen molar-refractivity contribution in [3.63, 3.8) is 0 Å². The summed E-state index contributed by atoms with van der Waals surface area (Å²) >= 11 is 0. The molecule has 1 aliphatic rings. The van der Waals surface area contributed by atoms with Gasteiger partial charge in [-0.1, -0.05) is 12.8 Å². The third kappa shape index (κ3) is 2.88. The number of hydrogen-bond acceptors (Lipinski definition) is 5. The number of rotatable bonds is 4. The molecule has 0 saturated heterocycles. The van der Waals surface area contributed by atoms with Crippen molar-refractivity contribution in [2.75, 3.05) is 17.2 Å². The molecule has 0 spiro atoms. The lowest BCUT2D eigenvalue weighted by atomic mass is 10.2. The van der Waals surface area contributed by atoms with E-state index >= 15 is 0 Å². The van der Waals surface area contributed by atoms with Crippen molar-refractivity contribution in [1.82, 2.24) is 9.97 Å². The number of amides is 1. The smallest absolute Gasteiger partial charge is 0.237 e. The fourth-order valence-electron chi connectivity index (χ4n) is 2.50. The zero-order valence-corrected chi connectivity index (χ0v) is 10.6. The molecule has 0 aromatic carbocycles. The Morgan fingerprint density at radius 2 is 2.11 bits per heavy atom. The largest absolute Gasteiger partial charge is 0.368 e. The fourth-order valence-corrected chi connectivity index (χ4v) is 2.50. The van der Waals surface area contributed by atoms with E-state index in [1.165, 1.54) is 12.8 Å². The maximum Gasteiger partial charge on any atom is 0.237 e. The van der Waals surface area contributed by atoms with Crippen molar-refractivity contribution >= 4 is 17.7 Å². The van der Waals surface area contributed by atoms with E-state index in [2.05, 4.69) is 9.97 Å². The minimum absolute atomic E-state index is 0.181. The number of nitrogens with zero attached hydrogens (tertiary/aromatic N) is 3. The second-order valence-corrected chi connectivity index (χ2v) is 4.76. The average Bonchev–Trinajstić information content (AvgIpc) is 2.77. The molecular weight excluding hydrogens is 230 g/mol. The van der Waals surface area contributed by atoms with Gasteiger partial charge in [0.15, 0.2) is 0 Å². The van der Waals surface area contributed by atoms with Crippen LogP contribution in [0.5, 0.6) is 0 Å². The second kappa shape index (κ2) is 5.20. The molecule has 0 atom stereocenters. The van der Waals surface area contributed by atoms with Crippen LogP contribution in [0.25, 0.3) is 0 Å². The van der Waals surface area contributed by atoms with Gasteiger partial charge >= 0.3 is 0 Å². The minimum Gasteiger partial charge on any atom is -0.368 e. The van der Waals surface area contributed by atoms with Crippen LogP contribution in [0.2, 0.25) is 0 Å². The lowest BCUT2D eigenvalue weighted by molar-refractivity contribution is -0.116. The van der Waals surface area contributed by atoms with Gasteiger partial charge in [0.25, 0.3) is 0 Å². The summed E-state index contributed by atoms with van der Waals surface area (Å²) in [7, 11) is 0. The summed E-state index contributed by atoms with van der Waals surface area (Å²) in [5, 5.41) is 0. The van der Waals surface area contributed by atoms with Crippen molar-refractivity contribution in [2.45, 2.75) is 38.6 Å². The molecule has 0 aliphatic heterocycles. The molecule has 1 fully saturated rings. The molecule has 0 bridgehead atoms. The standard InChI is InChI=1S/C12H19N5O/c1-8-6-11(16-12(14)15-8)17(7-10(13)18)9-4-2-3-5-9/h6,9H,2-5,7H2,1H3,(H2,13,18)(H2,14,15,16). The van der Waals surface area contributed by atoms with Crippen molar-refractivity contribution in [3.05, 3.63) is 11.8 Å². The monoisotopic (exact) mass is 249 g/mol. The molecule has 1 heterocycles. The first-order chi connectivity index (χ1) is 8.56. The highest BCUT2D eigenvalue weighted by molar-refractivity contribution is 5.79. The van der Waals surface area contributed by atoms with Crippen LogP contribution in [-0.2, 0) is 4.79 Å². The van der Waals surface area contributed by atoms with Crippen LogP contribution in [-0.4, -0.2) is 28.5 Å². The van der Waals surface area contributed by atoms with Gasteiger partial charge in [-0.25, -0.2) is 4.98 Å². The molecule has 1 saturated carbocycles. The van der Waals surface area contributed by atoms with E-state index < -0.39 is 0 Å². The van der Waals surface area contributed by atoms with E-state index in [-0.39, 0.29) is 18.4 Å². The third-order valence-corrected chi connectivity index (χ3v) is 3.24. The molecule has 1 aliphatic carbocycles. The number of aromatic nitrogens is 2. The Morgan fingerprint density at radius 3 is 2.67 bits per heavy atom. The first kappa shape index (κ1) is 12.6. The van der Waals surface area contributed by atoms with Crippen molar-refractivity contribution in [1.29, 1.82) is 0 Å². The SMILES string of the molecule is Cc1cc(N(CC(N)=O)C2CCCC2)nc(N)n1. The molecule has 1 amide bonds. The van der Waals surface area contributed by atoms with Gasteiger partial charge in [-0.05, 0) is 19.8 Å². The molecule has 0 radical (unpaired) electrons. The number of aryl methyl sites for hydroxylation is 1. The van der Waals surface area contributed by atoms with Gasteiger partial charge in [-0.15, -0.1) is 0 Å². The highest BCUT2D eigenvalue weighted by Gasteiger charge is 2.25. The molecule has 6 nitrogen and oxygen atoms in total. The van der Waals surface area contributed by atoms with Crippen LogP contribution in [0.4, 0.5) is 11.8 Å². The van der Waals surface area contributed by atoms with Gasteiger partial charge in [0.05, 0.1) is 6.54 Å². The van der Waals surface area contributed by atoms with Gasteiger partial charge in [0, 0.05) is 17.8 Å². The Morgan fingerprint density at radius 1 is 1.44 bits per heavy atom. The molecule has 18 heavy (non-hydrogen) atoms. The van der Waals surface area contributed by atoms with E-state index in [0.29, 0.717) is 11.9 Å². The Kier molecular flexibility index (Phi) is 3.64. The van der Waals surface area contributed by atoms with Gasteiger partial charge in [-0.3, -0.25) is 4.79 Å². The average molecular weight is 249 g/mol. The molecule has 98 valence electrons. The first-order valence-electron chi connectivity index (χ1n) is 6.22. The summed E-state index contributed by atoms with van der Waals surface area (Å²) in [4.78, 5) is 21.4. The number of nitrogens with two attached hydrogens (primary N) is 2. The van der Waals surface area contributed by atoms with E-state index in [0.717, 1.165) is 18.5 Å². The number of anilines is 2. The first-order valence-corrected chi connectivity index (χ1v) is 6.22. The van der Waals surface area contributed by atoms with E-state index in [9.17, 15) is 4.79 Å². The van der Waals surface area contributed by atoms with Crippen LogP contribution in [0.3, 0.4) is 0 Å². The molecule has 0 unspecified atom stereocenters. The summed E-state index contributed by atoms with van der Waals surface area (Å²) in [5.41, 5.74) is 11.8. The molecule has 1 aromatic rings. The van der Waals surface area contributed by atoms with E-state index in [1.807, 2.05) is 17.9 Å². The minimum atomic E-state index is -0.350. The van der Waals surface area contributed by atoms with Gasteiger partial charge in [-0.2, -0.15) is 4.98 Å². The van der Waals surface area contributed by atoms with Crippen LogP contribution < -0.4 is 16.4 Å². The highest BCUT2D eigenvalue weighted by atomic mass is 16.1. The van der Waals surface area contributed by atoms with Gasteiger partial charge < -0.3 is 16.4 Å². The predicted octanol–water partition coefficient (Wildman–Crippen LogP) is 0.602. The maximum absolute atomic E-state index is 11.2. The topological polar surface area (TPSA) is 98.1 Å². The quantitative estimate of drug-likeness (QED) is 0.814. The van der Waals surface area contributed by atoms with Crippen molar-refractivity contribution in [2.24, 2.45) is 5.73 Å². The second-order valence-electron chi connectivity index (χ2n) is 4.76. The molecule has 2 rings (SSSR count). The zero-order valence-electron chi connectivity index (χ0n) is 10.6. The van der Waals surface area contributed by atoms with Crippen LogP contribution in [0.15, 0.2) is 6.07 Å². The predicted molar refractivity (Wildman–Crippen MR) is 70.0 cm³/mol. The number of carbonyl (C=O) groups excluding carboxylic acids is 1. The Hall–Kier alpha value is -1.85. The van der Waals surface area contributed by atoms with Crippen molar-refractivity contribution in [3.8, 4) is 0 Å². The summed E-state index contributed by atoms with van der Waals surface area (Å²) in [6.45, 7) is 2.04. The zero-order chi connectivity index (χ0) is 13.1. The lowest BCUT2D eigenvalue weighted by Crippen LogP contribution is -2.40. The van der Waals surface area contributed by atoms with E-state index in [1.54, 1.807) is 0 Å². The Balaban J connectivity index is 2.28. The number of hydrogen-bond donors (Lipinski definition) is 2. The number of primary amides is 1. The maximum atomic E-state index is 11.2.